The van der Waals surface area contributed by atoms with Crippen molar-refractivity contribution in [2.24, 2.45) is 0 Å². The van der Waals surface area contributed by atoms with E-state index in [1.807, 2.05) is 0 Å². The summed E-state index contributed by atoms with van der Waals surface area (Å²) in [6.45, 7) is -1.35. The Morgan fingerprint density at radius 2 is 1.11 bits per heavy atom. The number of aromatic hydroxyl groups is 4. The summed E-state index contributed by atoms with van der Waals surface area (Å²) in [7, 11) is 0. The molecule has 65 heavy (non-hydrogen) atoms. The molecule has 4 aliphatic heterocycles. The molecule has 1 aromatic heterocycles. The number of phenolic OH excluding ortho intramolecular Hbond substituents is 4. The van der Waals surface area contributed by atoms with Gasteiger partial charge in [-0.3, -0.25) is 4.79 Å². The number of hydrogen-bond acceptors (Lipinski definition) is 26. The molecule has 26 heteroatoms. The van der Waals surface area contributed by atoms with Gasteiger partial charge in [-0.1, -0.05) is 0 Å². The van der Waals surface area contributed by atoms with Gasteiger partial charge >= 0.3 is 0 Å². The normalized spacial score (nSPS) is 40.2. The first-order chi connectivity index (χ1) is 30.7. The molecule has 3 aromatic rings. The predicted octanol–water partition coefficient (Wildman–Crippen LogP) is -6.04. The molecule has 0 amide bonds. The average Bonchev–Trinajstić information content (AvgIpc) is 3.27. The van der Waals surface area contributed by atoms with Gasteiger partial charge in [0.1, 0.15) is 108 Å². The smallest absolute Gasteiger partial charge is 0.239 e. The summed E-state index contributed by atoms with van der Waals surface area (Å²) in [6.07, 6.45) is -37.8. The molecule has 16 N–H and O–H groups in total. The number of hydrogen-bond donors (Lipinski definition) is 16. The second-order valence-electron chi connectivity index (χ2n) is 15.9. The Kier molecular flexibility index (Phi) is 14.7. The van der Waals surface area contributed by atoms with E-state index in [0.29, 0.717) is 0 Å². The summed E-state index contributed by atoms with van der Waals surface area (Å²) >= 11 is 0. The summed E-state index contributed by atoms with van der Waals surface area (Å²) in [4.78, 5) is 14.3. The van der Waals surface area contributed by atoms with Crippen LogP contribution in [0.5, 0.6) is 28.7 Å². The molecule has 4 aliphatic rings. The third kappa shape index (κ3) is 9.43. The molecular weight excluding hydrogens is 884 g/mol. The van der Waals surface area contributed by atoms with E-state index in [0.717, 1.165) is 30.3 Å². The van der Waals surface area contributed by atoms with Crippen molar-refractivity contribution in [2.75, 3.05) is 19.8 Å². The van der Waals surface area contributed by atoms with Crippen LogP contribution in [-0.2, 0) is 33.2 Å². The first-order valence-electron chi connectivity index (χ1n) is 20.0. The minimum Gasteiger partial charge on any atom is -0.508 e. The maximum atomic E-state index is 14.3. The van der Waals surface area contributed by atoms with Gasteiger partial charge in [0.15, 0.2) is 42.2 Å². The molecular formula is C39H50O26. The lowest BCUT2D eigenvalue weighted by Crippen LogP contribution is -2.67. The van der Waals surface area contributed by atoms with Crippen LogP contribution in [-0.4, -0.2) is 224 Å². The fourth-order valence-electron chi connectivity index (χ4n) is 7.77. The number of benzene rings is 2. The molecule has 0 radical (unpaired) electrons. The molecule has 0 aliphatic carbocycles. The van der Waals surface area contributed by atoms with Crippen LogP contribution < -0.4 is 10.2 Å². The molecule has 0 saturated carbocycles. The van der Waals surface area contributed by atoms with Gasteiger partial charge in [-0.2, -0.15) is 0 Å². The molecule has 7 rings (SSSR count). The van der Waals surface area contributed by atoms with Crippen molar-refractivity contribution in [3.63, 3.8) is 0 Å². The highest BCUT2D eigenvalue weighted by Gasteiger charge is 2.55. The molecule has 20 atom stereocenters. The van der Waals surface area contributed by atoms with Crippen LogP contribution in [0.3, 0.4) is 0 Å². The molecule has 4 saturated heterocycles. The number of fused-ring (bicyclic) bond motifs is 1. The van der Waals surface area contributed by atoms with Gasteiger partial charge in [-0.15, -0.1) is 0 Å². The van der Waals surface area contributed by atoms with E-state index in [1.165, 1.54) is 6.92 Å². The van der Waals surface area contributed by atoms with E-state index in [9.17, 15) is 86.5 Å². The maximum absolute atomic E-state index is 14.3. The Labute approximate surface area is 364 Å². The first-order valence-corrected chi connectivity index (χ1v) is 20.0. The van der Waals surface area contributed by atoms with Crippen LogP contribution >= 0.6 is 0 Å². The minimum atomic E-state index is -2.25. The van der Waals surface area contributed by atoms with Gasteiger partial charge < -0.3 is 124 Å². The van der Waals surface area contributed by atoms with Gasteiger partial charge in [-0.25, -0.2) is 0 Å². The highest BCUT2D eigenvalue weighted by molar-refractivity contribution is 5.88. The van der Waals surface area contributed by atoms with Crippen LogP contribution in [0, 0.1) is 0 Å². The van der Waals surface area contributed by atoms with E-state index in [-0.39, 0.29) is 5.56 Å². The summed E-state index contributed by atoms with van der Waals surface area (Å²) in [5.41, 5.74) is -1.81. The van der Waals surface area contributed by atoms with Crippen molar-refractivity contribution in [3.05, 3.63) is 40.6 Å². The zero-order valence-corrected chi connectivity index (χ0v) is 33.8. The molecule has 2 aromatic carbocycles. The third-order valence-corrected chi connectivity index (χ3v) is 11.5. The topological polar surface area (TPSA) is 428 Å². The largest absolute Gasteiger partial charge is 0.508 e. The summed E-state index contributed by atoms with van der Waals surface area (Å²) in [5, 5.41) is 168. The third-order valence-electron chi connectivity index (χ3n) is 11.5. The lowest BCUT2D eigenvalue weighted by atomic mass is 9.96. The first kappa shape index (κ1) is 48.8. The zero-order valence-electron chi connectivity index (χ0n) is 33.8. The quantitative estimate of drug-likeness (QED) is 0.0752. The monoisotopic (exact) mass is 934 g/mol. The molecule has 0 spiro atoms. The maximum Gasteiger partial charge on any atom is 0.239 e. The molecule has 5 heterocycles. The Balaban J connectivity index is 1.29. The highest BCUT2D eigenvalue weighted by Crippen LogP contribution is 2.41. The second-order valence-corrected chi connectivity index (χ2v) is 15.9. The Hall–Kier alpha value is -4.11. The van der Waals surface area contributed by atoms with Gasteiger partial charge in [0, 0.05) is 17.7 Å². The summed E-state index contributed by atoms with van der Waals surface area (Å²) in [5.74, 6) is -4.17. The van der Waals surface area contributed by atoms with Crippen LogP contribution in [0.1, 0.15) is 6.92 Å². The molecule has 362 valence electrons. The number of aliphatic hydroxyl groups is 12. The summed E-state index contributed by atoms with van der Waals surface area (Å²) < 4.78 is 51.9. The number of phenols is 4. The highest BCUT2D eigenvalue weighted by atomic mass is 16.8. The second kappa shape index (κ2) is 19.6. The van der Waals surface area contributed by atoms with Crippen LogP contribution in [0.15, 0.2) is 39.5 Å². The van der Waals surface area contributed by atoms with Crippen molar-refractivity contribution in [1.29, 1.82) is 0 Å². The lowest BCUT2D eigenvalue weighted by molar-refractivity contribution is -0.390. The van der Waals surface area contributed by atoms with Crippen molar-refractivity contribution in [1.82, 2.24) is 0 Å². The fourth-order valence-corrected chi connectivity index (χ4v) is 7.77. The Morgan fingerprint density at radius 1 is 0.554 bits per heavy atom. The van der Waals surface area contributed by atoms with Crippen LogP contribution in [0.4, 0.5) is 0 Å². The minimum absolute atomic E-state index is 0.185. The van der Waals surface area contributed by atoms with E-state index in [1.54, 1.807) is 0 Å². The zero-order chi connectivity index (χ0) is 47.3. The van der Waals surface area contributed by atoms with E-state index in [4.69, 9.17) is 42.3 Å². The molecule has 0 bridgehead atoms. The SMILES string of the molecule is CC1OC(OCC2OC(Oc3c(-c4ccc(O)c(O)c4)oc4cc(O)cc(O)c4c3=O)C(OC3OC(CO)C(O)C(O)C3OC3OC(CO)C(O)C(O)C3O)C(O)C2O)C(O)C(O)C1O. The number of rotatable bonds is 12. The Morgan fingerprint density at radius 3 is 1.75 bits per heavy atom. The Bertz CT molecular complexity index is 2170. The molecule has 4 fully saturated rings. The van der Waals surface area contributed by atoms with Gasteiger partial charge in [-0.05, 0) is 25.1 Å². The summed E-state index contributed by atoms with van der Waals surface area (Å²) in [6, 6.07) is 4.82. The number of aliphatic hydroxyl groups excluding tert-OH is 12. The van der Waals surface area contributed by atoms with Crippen molar-refractivity contribution >= 4 is 11.0 Å². The lowest BCUT2D eigenvalue weighted by Gasteiger charge is -2.48. The van der Waals surface area contributed by atoms with Crippen molar-refractivity contribution in [2.45, 2.75) is 130 Å². The van der Waals surface area contributed by atoms with Crippen LogP contribution in [0.25, 0.3) is 22.3 Å². The molecule has 20 unspecified atom stereocenters. The van der Waals surface area contributed by atoms with Crippen LogP contribution in [0.2, 0.25) is 0 Å². The van der Waals surface area contributed by atoms with Gasteiger partial charge in [0.2, 0.25) is 17.5 Å². The predicted molar refractivity (Wildman–Crippen MR) is 205 cm³/mol. The standard InChI is InChI=1S/C39H50O26/c1-10-21(46)26(51)30(55)36(58-10)57-9-19-24(49)29(54)35(65-38-34(28(53)23(48)18(8-41)61-38)64-37-31(56)27(52)22(47)17(7-40)60-37)39(62-19)63-33-25(50)20-15(45)5-12(42)6-16(20)59-32(33)11-2-3-13(43)14(44)4-11/h2-6,10,17-19,21-24,26-31,34-49,51-56H,7-9H2,1H3. The van der Waals surface area contributed by atoms with E-state index in [2.05, 4.69) is 0 Å². The fraction of sp³-hybridized carbons (Fsp3) is 0.615. The van der Waals surface area contributed by atoms with E-state index < -0.39 is 194 Å². The average molecular weight is 935 g/mol. The van der Waals surface area contributed by atoms with Gasteiger partial charge in [0.05, 0.1) is 25.9 Å². The van der Waals surface area contributed by atoms with Crippen molar-refractivity contribution in [3.8, 4) is 40.1 Å². The van der Waals surface area contributed by atoms with E-state index >= 15 is 0 Å². The molecule has 26 nitrogen and oxygen atoms in total. The van der Waals surface area contributed by atoms with Gasteiger partial charge in [0.25, 0.3) is 0 Å². The number of ether oxygens (including phenoxy) is 8. The van der Waals surface area contributed by atoms with Crippen molar-refractivity contribution < 1.29 is 124 Å².